The Hall–Kier alpha value is -0.860. The molecule has 1 aliphatic carbocycles. The fraction of sp³-hybridized carbons (Fsp3) is 0.833. The highest BCUT2D eigenvalue weighted by Crippen LogP contribution is 2.44. The second-order valence-corrected chi connectivity index (χ2v) is 5.21. The Morgan fingerprint density at radius 2 is 2.20 bits per heavy atom. The van der Waals surface area contributed by atoms with Gasteiger partial charge < -0.3 is 5.11 Å². The summed E-state index contributed by atoms with van der Waals surface area (Å²) in [7, 11) is 0. The monoisotopic (exact) mass is 212 g/mol. The highest BCUT2D eigenvalue weighted by atomic mass is 16.4. The van der Waals surface area contributed by atoms with Gasteiger partial charge in [-0.3, -0.25) is 9.59 Å². The average Bonchev–Trinajstić information content (AvgIpc) is 2.41. The summed E-state index contributed by atoms with van der Waals surface area (Å²) in [5.41, 5.74) is -0.382. The van der Waals surface area contributed by atoms with E-state index in [1.807, 2.05) is 6.92 Å². The molecule has 1 saturated carbocycles. The summed E-state index contributed by atoms with van der Waals surface area (Å²) in [6.07, 6.45) is 2.37. The summed E-state index contributed by atoms with van der Waals surface area (Å²) in [4.78, 5) is 22.6. The number of carbonyl (C=O) groups excluding carboxylic acids is 1. The van der Waals surface area contributed by atoms with E-state index in [0.29, 0.717) is 12.3 Å². The fourth-order valence-electron chi connectivity index (χ4n) is 2.44. The second-order valence-electron chi connectivity index (χ2n) is 5.21. The van der Waals surface area contributed by atoms with E-state index < -0.39 is 5.97 Å². The fourth-order valence-corrected chi connectivity index (χ4v) is 2.44. The zero-order valence-corrected chi connectivity index (χ0v) is 9.75. The van der Waals surface area contributed by atoms with E-state index in [2.05, 4.69) is 13.8 Å². The van der Waals surface area contributed by atoms with Gasteiger partial charge >= 0.3 is 5.97 Å². The van der Waals surface area contributed by atoms with Crippen molar-refractivity contribution in [2.45, 2.75) is 46.5 Å². The minimum Gasteiger partial charge on any atom is -0.481 e. The number of Topliss-reactive ketones (excluding diaryl/α,β-unsaturated/α-hetero) is 1. The van der Waals surface area contributed by atoms with Crippen molar-refractivity contribution in [2.24, 2.45) is 17.3 Å². The zero-order chi connectivity index (χ0) is 11.6. The topological polar surface area (TPSA) is 54.4 Å². The van der Waals surface area contributed by atoms with Gasteiger partial charge in [-0.2, -0.15) is 0 Å². The van der Waals surface area contributed by atoms with Crippen molar-refractivity contribution in [2.75, 3.05) is 0 Å². The SMILES string of the molecule is CC(C)C1CC[C@](C)(CCC(=O)O)C1=O. The lowest BCUT2D eigenvalue weighted by molar-refractivity contribution is -0.138. The minimum atomic E-state index is -0.808. The molecule has 3 nitrogen and oxygen atoms in total. The maximum atomic E-state index is 12.1. The van der Waals surface area contributed by atoms with Crippen LogP contribution in [0.5, 0.6) is 0 Å². The molecule has 1 unspecified atom stereocenters. The van der Waals surface area contributed by atoms with Crippen LogP contribution in [-0.4, -0.2) is 16.9 Å². The van der Waals surface area contributed by atoms with Crippen molar-refractivity contribution in [1.82, 2.24) is 0 Å². The van der Waals surface area contributed by atoms with Crippen LogP contribution in [0.1, 0.15) is 46.5 Å². The molecule has 1 rings (SSSR count). The molecule has 0 aromatic rings. The van der Waals surface area contributed by atoms with E-state index in [4.69, 9.17) is 5.11 Å². The van der Waals surface area contributed by atoms with Gasteiger partial charge in [0, 0.05) is 17.8 Å². The maximum absolute atomic E-state index is 12.1. The van der Waals surface area contributed by atoms with Crippen molar-refractivity contribution in [3.8, 4) is 0 Å². The van der Waals surface area contributed by atoms with E-state index in [9.17, 15) is 9.59 Å². The number of ketones is 1. The summed E-state index contributed by atoms with van der Waals surface area (Å²) in [5, 5.41) is 8.64. The van der Waals surface area contributed by atoms with Crippen molar-refractivity contribution in [1.29, 1.82) is 0 Å². The lowest BCUT2D eigenvalue weighted by Crippen LogP contribution is -2.28. The summed E-state index contributed by atoms with van der Waals surface area (Å²) >= 11 is 0. The van der Waals surface area contributed by atoms with Crippen molar-refractivity contribution >= 4 is 11.8 Å². The predicted octanol–water partition coefficient (Wildman–Crippen LogP) is 2.49. The van der Waals surface area contributed by atoms with E-state index in [0.717, 1.165) is 12.8 Å². The Morgan fingerprint density at radius 1 is 1.60 bits per heavy atom. The molecule has 15 heavy (non-hydrogen) atoms. The molecule has 0 heterocycles. The van der Waals surface area contributed by atoms with E-state index in [1.165, 1.54) is 0 Å². The molecule has 1 fully saturated rings. The average molecular weight is 212 g/mol. The molecule has 0 saturated heterocycles. The Morgan fingerprint density at radius 3 is 2.60 bits per heavy atom. The molecule has 2 atom stereocenters. The first-order valence-electron chi connectivity index (χ1n) is 5.63. The smallest absolute Gasteiger partial charge is 0.303 e. The van der Waals surface area contributed by atoms with Gasteiger partial charge in [0.15, 0.2) is 0 Å². The van der Waals surface area contributed by atoms with Gasteiger partial charge in [-0.1, -0.05) is 20.8 Å². The normalized spacial score (nSPS) is 31.2. The zero-order valence-electron chi connectivity index (χ0n) is 9.75. The van der Waals surface area contributed by atoms with Gasteiger partial charge in [-0.25, -0.2) is 0 Å². The second kappa shape index (κ2) is 4.33. The van der Waals surface area contributed by atoms with E-state index >= 15 is 0 Å². The van der Waals surface area contributed by atoms with Crippen molar-refractivity contribution in [3.05, 3.63) is 0 Å². The van der Waals surface area contributed by atoms with Crippen LogP contribution < -0.4 is 0 Å². The lowest BCUT2D eigenvalue weighted by Gasteiger charge is -2.22. The van der Waals surface area contributed by atoms with Crippen molar-refractivity contribution < 1.29 is 14.7 Å². The number of aliphatic carboxylic acids is 1. The number of hydrogen-bond donors (Lipinski definition) is 1. The summed E-state index contributed by atoms with van der Waals surface area (Å²) in [6, 6.07) is 0. The highest BCUT2D eigenvalue weighted by molar-refractivity contribution is 5.89. The van der Waals surface area contributed by atoms with Crippen LogP contribution in [-0.2, 0) is 9.59 Å². The minimum absolute atomic E-state index is 0.104. The number of carbonyl (C=O) groups is 2. The van der Waals surface area contributed by atoms with Gasteiger partial charge in [0.1, 0.15) is 5.78 Å². The molecule has 0 radical (unpaired) electrons. The molecule has 1 N–H and O–H groups in total. The Labute approximate surface area is 90.9 Å². The highest BCUT2D eigenvalue weighted by Gasteiger charge is 2.44. The molecular weight excluding hydrogens is 192 g/mol. The largest absolute Gasteiger partial charge is 0.481 e. The van der Waals surface area contributed by atoms with E-state index in [1.54, 1.807) is 0 Å². The number of rotatable bonds is 4. The van der Waals surface area contributed by atoms with Crippen LogP contribution >= 0.6 is 0 Å². The van der Waals surface area contributed by atoms with Crippen LogP contribution in [0.15, 0.2) is 0 Å². The third kappa shape index (κ3) is 2.58. The molecule has 0 amide bonds. The number of hydrogen-bond acceptors (Lipinski definition) is 2. The van der Waals surface area contributed by atoms with Crippen molar-refractivity contribution in [3.63, 3.8) is 0 Å². The molecular formula is C12H20O3. The van der Waals surface area contributed by atoms with Gasteiger partial charge in [0.25, 0.3) is 0 Å². The Bertz CT molecular complexity index is 270. The molecule has 0 spiro atoms. The molecule has 1 aliphatic rings. The summed E-state index contributed by atoms with van der Waals surface area (Å²) < 4.78 is 0. The van der Waals surface area contributed by atoms with Crippen LogP contribution in [0.25, 0.3) is 0 Å². The third-order valence-electron chi connectivity index (χ3n) is 3.63. The molecule has 0 aromatic heterocycles. The molecule has 0 bridgehead atoms. The predicted molar refractivity (Wildman–Crippen MR) is 57.5 cm³/mol. The molecule has 0 aromatic carbocycles. The standard InChI is InChI=1S/C12H20O3/c1-8(2)9-4-6-12(3,11(9)15)7-5-10(13)14/h8-9H,4-7H2,1-3H3,(H,13,14)/t9?,12-/m1/s1. The number of carboxylic acid groups (broad SMARTS) is 1. The third-order valence-corrected chi connectivity index (χ3v) is 3.63. The maximum Gasteiger partial charge on any atom is 0.303 e. The summed E-state index contributed by atoms with van der Waals surface area (Å²) in [6.45, 7) is 6.04. The molecule has 0 aliphatic heterocycles. The van der Waals surface area contributed by atoms with Gasteiger partial charge in [-0.05, 0) is 25.2 Å². The number of carboxylic acids is 1. The van der Waals surface area contributed by atoms with Crippen LogP contribution in [0.2, 0.25) is 0 Å². The Kier molecular flexibility index (Phi) is 3.53. The first-order valence-corrected chi connectivity index (χ1v) is 5.63. The molecule has 3 heteroatoms. The quantitative estimate of drug-likeness (QED) is 0.779. The van der Waals surface area contributed by atoms with Gasteiger partial charge in [0.05, 0.1) is 0 Å². The molecule has 86 valence electrons. The Balaban J connectivity index is 2.64. The van der Waals surface area contributed by atoms with Gasteiger partial charge in [-0.15, -0.1) is 0 Å². The van der Waals surface area contributed by atoms with Crippen LogP contribution in [0.4, 0.5) is 0 Å². The first-order chi connectivity index (χ1) is 6.87. The van der Waals surface area contributed by atoms with E-state index in [-0.39, 0.29) is 23.5 Å². The first kappa shape index (κ1) is 12.2. The summed E-state index contributed by atoms with van der Waals surface area (Å²) in [5.74, 6) is -0.0104. The van der Waals surface area contributed by atoms with Gasteiger partial charge in [0.2, 0.25) is 0 Å². The lowest BCUT2D eigenvalue weighted by atomic mass is 9.80. The van der Waals surface area contributed by atoms with Crippen LogP contribution in [0.3, 0.4) is 0 Å². The van der Waals surface area contributed by atoms with Crippen LogP contribution in [0, 0.1) is 17.3 Å².